The van der Waals surface area contributed by atoms with E-state index in [-0.39, 0.29) is 19.5 Å². The molecule has 1 heterocycles. The molecule has 0 aliphatic carbocycles. The fourth-order valence-electron chi connectivity index (χ4n) is 1.99. The van der Waals surface area contributed by atoms with Crippen LogP contribution in [0.4, 0.5) is 13.2 Å². The molecule has 1 aromatic rings. The Balaban J connectivity index is 2.38. The van der Waals surface area contributed by atoms with Crippen molar-refractivity contribution in [2.24, 2.45) is 5.92 Å². The van der Waals surface area contributed by atoms with Crippen LogP contribution < -0.4 is 0 Å². The van der Waals surface area contributed by atoms with E-state index >= 15 is 0 Å². The van der Waals surface area contributed by atoms with Crippen LogP contribution >= 0.6 is 0 Å². The molecular formula is C11H10F3NO4S. The minimum absolute atomic E-state index is 0.0832. The number of hydrogen-bond donors (Lipinski definition) is 1. The summed E-state index contributed by atoms with van der Waals surface area (Å²) in [7, 11) is -4.39. The van der Waals surface area contributed by atoms with Crippen molar-refractivity contribution in [2.45, 2.75) is 11.3 Å². The minimum Gasteiger partial charge on any atom is -0.481 e. The SMILES string of the molecule is O=C(O)[C@H]1CCN(S(=O)(=O)c2ccc(F)c(F)c2F)C1. The smallest absolute Gasteiger partial charge is 0.307 e. The first-order valence-electron chi connectivity index (χ1n) is 5.61. The summed E-state index contributed by atoms with van der Waals surface area (Å²) in [6, 6.07) is 1.13. The van der Waals surface area contributed by atoms with Crippen molar-refractivity contribution in [2.75, 3.05) is 13.1 Å². The van der Waals surface area contributed by atoms with Crippen molar-refractivity contribution in [3.05, 3.63) is 29.6 Å². The second kappa shape index (κ2) is 5.06. The third kappa shape index (κ3) is 2.38. The van der Waals surface area contributed by atoms with Gasteiger partial charge in [-0.25, -0.2) is 21.6 Å². The zero-order chi connectivity index (χ0) is 15.1. The van der Waals surface area contributed by atoms with E-state index in [0.29, 0.717) is 12.1 Å². The number of nitrogens with zero attached hydrogens (tertiary/aromatic N) is 1. The van der Waals surface area contributed by atoms with Crippen LogP contribution in [0.15, 0.2) is 17.0 Å². The average Bonchev–Trinajstić information content (AvgIpc) is 2.86. The summed E-state index contributed by atoms with van der Waals surface area (Å²) < 4.78 is 64.3. The second-order valence-electron chi connectivity index (χ2n) is 4.36. The molecule has 1 fully saturated rings. The van der Waals surface area contributed by atoms with Crippen LogP contribution in [0.5, 0.6) is 0 Å². The van der Waals surface area contributed by atoms with Crippen molar-refractivity contribution < 1.29 is 31.5 Å². The van der Waals surface area contributed by atoms with Crippen LogP contribution in [-0.4, -0.2) is 36.9 Å². The molecule has 1 N–H and O–H groups in total. The number of hydrogen-bond acceptors (Lipinski definition) is 3. The van der Waals surface area contributed by atoms with E-state index in [9.17, 15) is 26.4 Å². The maximum absolute atomic E-state index is 13.5. The molecule has 1 atom stereocenters. The number of carbonyl (C=O) groups is 1. The van der Waals surface area contributed by atoms with Crippen LogP contribution in [0.1, 0.15) is 6.42 Å². The van der Waals surface area contributed by atoms with Gasteiger partial charge >= 0.3 is 5.97 Å². The molecule has 0 bridgehead atoms. The lowest BCUT2D eigenvalue weighted by Crippen LogP contribution is -2.31. The predicted molar refractivity (Wildman–Crippen MR) is 60.8 cm³/mol. The molecule has 1 aliphatic heterocycles. The third-order valence-electron chi connectivity index (χ3n) is 3.12. The Kier molecular flexibility index (Phi) is 3.74. The number of halogens is 3. The number of rotatable bonds is 3. The van der Waals surface area contributed by atoms with E-state index in [1.165, 1.54) is 0 Å². The van der Waals surface area contributed by atoms with Gasteiger partial charge in [0.25, 0.3) is 0 Å². The minimum atomic E-state index is -4.39. The Labute approximate surface area is 112 Å². The van der Waals surface area contributed by atoms with Crippen LogP contribution in [0.3, 0.4) is 0 Å². The maximum Gasteiger partial charge on any atom is 0.307 e. The number of carboxylic acids is 1. The van der Waals surface area contributed by atoms with E-state index < -0.39 is 44.3 Å². The molecule has 9 heteroatoms. The second-order valence-corrected chi connectivity index (χ2v) is 6.27. The highest BCUT2D eigenvalue weighted by atomic mass is 32.2. The number of aliphatic carboxylic acids is 1. The Morgan fingerprint density at radius 2 is 1.90 bits per heavy atom. The molecule has 0 unspecified atom stereocenters. The summed E-state index contributed by atoms with van der Waals surface area (Å²) in [5.41, 5.74) is 0. The Bertz CT molecular complexity index is 662. The van der Waals surface area contributed by atoms with E-state index in [2.05, 4.69) is 0 Å². The fourth-order valence-corrected chi connectivity index (χ4v) is 3.55. The highest BCUT2D eigenvalue weighted by Gasteiger charge is 2.37. The summed E-state index contributed by atoms with van der Waals surface area (Å²) in [5, 5.41) is 8.80. The molecule has 0 saturated carbocycles. The maximum atomic E-state index is 13.5. The molecule has 1 aromatic carbocycles. The highest BCUT2D eigenvalue weighted by Crippen LogP contribution is 2.27. The number of sulfonamides is 1. The normalized spacial score (nSPS) is 20.2. The van der Waals surface area contributed by atoms with Crippen molar-refractivity contribution in [1.82, 2.24) is 4.31 Å². The number of benzene rings is 1. The van der Waals surface area contributed by atoms with Crippen molar-refractivity contribution in [3.63, 3.8) is 0 Å². The average molecular weight is 309 g/mol. The van der Waals surface area contributed by atoms with Gasteiger partial charge in [0, 0.05) is 13.1 Å². The summed E-state index contributed by atoms with van der Waals surface area (Å²) in [4.78, 5) is 9.77. The van der Waals surface area contributed by atoms with Crippen LogP contribution in [0, 0.1) is 23.4 Å². The Morgan fingerprint density at radius 3 is 2.45 bits per heavy atom. The van der Waals surface area contributed by atoms with Crippen LogP contribution in [0.25, 0.3) is 0 Å². The first kappa shape index (κ1) is 14.8. The summed E-state index contributed by atoms with van der Waals surface area (Å²) >= 11 is 0. The van der Waals surface area contributed by atoms with Gasteiger partial charge in [-0.1, -0.05) is 0 Å². The first-order valence-corrected chi connectivity index (χ1v) is 7.05. The molecular weight excluding hydrogens is 299 g/mol. The zero-order valence-corrected chi connectivity index (χ0v) is 10.8. The quantitative estimate of drug-likeness (QED) is 0.851. The van der Waals surface area contributed by atoms with E-state index in [1.807, 2.05) is 0 Å². The zero-order valence-electron chi connectivity index (χ0n) is 10.0. The highest BCUT2D eigenvalue weighted by molar-refractivity contribution is 7.89. The summed E-state index contributed by atoms with van der Waals surface area (Å²) in [6.07, 6.45) is 0.0832. The van der Waals surface area contributed by atoms with Gasteiger partial charge < -0.3 is 5.11 Å². The molecule has 0 aromatic heterocycles. The van der Waals surface area contributed by atoms with Crippen LogP contribution in [-0.2, 0) is 14.8 Å². The van der Waals surface area contributed by atoms with E-state index in [0.717, 1.165) is 4.31 Å². The molecule has 0 spiro atoms. The summed E-state index contributed by atoms with van der Waals surface area (Å²) in [6.45, 7) is -0.437. The van der Waals surface area contributed by atoms with Gasteiger partial charge in [-0.15, -0.1) is 0 Å². The molecule has 1 aliphatic rings. The molecule has 2 rings (SSSR count). The molecule has 0 radical (unpaired) electrons. The lowest BCUT2D eigenvalue weighted by molar-refractivity contribution is -0.141. The standard InChI is InChI=1S/C11H10F3NO4S/c12-7-1-2-8(10(14)9(7)13)20(18,19)15-4-3-6(5-15)11(16)17/h1-2,6H,3-5H2,(H,16,17)/t6-/m0/s1. The number of carboxylic acid groups (broad SMARTS) is 1. The molecule has 110 valence electrons. The van der Waals surface area contributed by atoms with Gasteiger partial charge in [-0.3, -0.25) is 4.79 Å². The largest absolute Gasteiger partial charge is 0.481 e. The van der Waals surface area contributed by atoms with Gasteiger partial charge in [0.2, 0.25) is 10.0 Å². The fraction of sp³-hybridized carbons (Fsp3) is 0.364. The molecule has 0 amide bonds. The molecule has 20 heavy (non-hydrogen) atoms. The van der Waals surface area contributed by atoms with Crippen molar-refractivity contribution >= 4 is 16.0 Å². The topological polar surface area (TPSA) is 74.7 Å². The van der Waals surface area contributed by atoms with E-state index in [4.69, 9.17) is 5.11 Å². The van der Waals surface area contributed by atoms with Crippen molar-refractivity contribution in [1.29, 1.82) is 0 Å². The lowest BCUT2D eigenvalue weighted by atomic mass is 10.1. The molecule has 5 nitrogen and oxygen atoms in total. The van der Waals surface area contributed by atoms with Gasteiger partial charge in [-0.2, -0.15) is 4.31 Å². The lowest BCUT2D eigenvalue weighted by Gasteiger charge is -2.16. The monoisotopic (exact) mass is 309 g/mol. The van der Waals surface area contributed by atoms with Crippen molar-refractivity contribution in [3.8, 4) is 0 Å². The predicted octanol–water partition coefficient (Wildman–Crippen LogP) is 1.20. The van der Waals surface area contributed by atoms with Gasteiger partial charge in [0.1, 0.15) is 4.90 Å². The third-order valence-corrected chi connectivity index (χ3v) is 5.00. The Morgan fingerprint density at radius 1 is 1.25 bits per heavy atom. The van der Waals surface area contributed by atoms with Crippen LogP contribution in [0.2, 0.25) is 0 Å². The van der Waals surface area contributed by atoms with Gasteiger partial charge in [0.05, 0.1) is 5.92 Å². The molecule has 1 saturated heterocycles. The van der Waals surface area contributed by atoms with Gasteiger partial charge in [-0.05, 0) is 18.6 Å². The van der Waals surface area contributed by atoms with E-state index in [1.54, 1.807) is 0 Å². The summed E-state index contributed by atoms with van der Waals surface area (Å²) in [5.74, 6) is -7.22. The van der Waals surface area contributed by atoms with Gasteiger partial charge in [0.15, 0.2) is 17.5 Å². The first-order chi connectivity index (χ1) is 9.25. The Hall–Kier alpha value is -1.61.